The van der Waals surface area contributed by atoms with Crippen LogP contribution in [0.4, 0.5) is 0 Å². The fraction of sp³-hybridized carbons (Fsp3) is 0.417. The summed E-state index contributed by atoms with van der Waals surface area (Å²) < 4.78 is 0. The van der Waals surface area contributed by atoms with Crippen molar-refractivity contribution < 1.29 is 9.90 Å². The highest BCUT2D eigenvalue weighted by Gasteiger charge is 2.13. The molecule has 76 valence electrons. The Bertz CT molecular complexity index is 334. The Hall–Kier alpha value is -1.15. The molecule has 0 fully saturated rings. The lowest BCUT2D eigenvalue weighted by Gasteiger charge is -2.17. The molecule has 2 heteroatoms. The molecular weight excluding hydrogens is 176 g/mol. The Morgan fingerprint density at radius 2 is 2.07 bits per heavy atom. The second kappa shape index (κ2) is 3.93. The van der Waals surface area contributed by atoms with Crippen LogP contribution in [0.3, 0.4) is 0 Å². The number of Topliss-reactive ketones (excluding diaryl/α,β-unsaturated/α-hetero) is 1. The Morgan fingerprint density at radius 1 is 1.43 bits per heavy atom. The molecule has 0 aliphatic carbocycles. The van der Waals surface area contributed by atoms with E-state index in [1.165, 1.54) is 0 Å². The maximum absolute atomic E-state index is 11.1. The van der Waals surface area contributed by atoms with Crippen molar-refractivity contribution in [3.8, 4) is 0 Å². The van der Waals surface area contributed by atoms with Gasteiger partial charge < -0.3 is 5.11 Å². The van der Waals surface area contributed by atoms with Crippen LogP contribution in [0.2, 0.25) is 0 Å². The van der Waals surface area contributed by atoms with Crippen LogP contribution in [0.25, 0.3) is 0 Å². The second-order valence-electron chi connectivity index (χ2n) is 4.25. The highest BCUT2D eigenvalue weighted by Crippen LogP contribution is 2.13. The Balaban J connectivity index is 2.89. The van der Waals surface area contributed by atoms with E-state index in [2.05, 4.69) is 0 Å². The number of hydrogen-bond acceptors (Lipinski definition) is 2. The topological polar surface area (TPSA) is 37.3 Å². The third-order valence-corrected chi connectivity index (χ3v) is 1.97. The Morgan fingerprint density at radius 3 is 2.57 bits per heavy atom. The third-order valence-electron chi connectivity index (χ3n) is 1.97. The average molecular weight is 192 g/mol. The van der Waals surface area contributed by atoms with E-state index >= 15 is 0 Å². The third kappa shape index (κ3) is 3.30. The zero-order valence-corrected chi connectivity index (χ0v) is 8.87. The lowest BCUT2D eigenvalue weighted by atomic mass is 9.97. The van der Waals surface area contributed by atoms with Crippen molar-refractivity contribution in [3.05, 3.63) is 35.4 Å². The van der Waals surface area contributed by atoms with Crippen molar-refractivity contribution in [1.29, 1.82) is 0 Å². The van der Waals surface area contributed by atoms with Crippen LogP contribution in [0.15, 0.2) is 24.3 Å². The van der Waals surface area contributed by atoms with E-state index in [0.29, 0.717) is 12.0 Å². The van der Waals surface area contributed by atoms with Gasteiger partial charge in [0, 0.05) is 12.0 Å². The SMILES string of the molecule is CC(=O)c1cccc(CC(C)(C)O)c1. The molecule has 0 amide bonds. The van der Waals surface area contributed by atoms with Crippen LogP contribution < -0.4 is 0 Å². The van der Waals surface area contributed by atoms with Crippen LogP contribution in [0, 0.1) is 0 Å². The van der Waals surface area contributed by atoms with E-state index < -0.39 is 5.60 Å². The second-order valence-corrected chi connectivity index (χ2v) is 4.25. The van der Waals surface area contributed by atoms with Gasteiger partial charge in [-0.25, -0.2) is 0 Å². The molecule has 0 heterocycles. The quantitative estimate of drug-likeness (QED) is 0.745. The van der Waals surface area contributed by atoms with Crippen molar-refractivity contribution in [2.24, 2.45) is 0 Å². The van der Waals surface area contributed by atoms with Crippen molar-refractivity contribution in [3.63, 3.8) is 0 Å². The van der Waals surface area contributed by atoms with Gasteiger partial charge in [-0.3, -0.25) is 4.79 Å². The molecule has 0 saturated carbocycles. The van der Waals surface area contributed by atoms with Crippen molar-refractivity contribution in [1.82, 2.24) is 0 Å². The summed E-state index contributed by atoms with van der Waals surface area (Å²) in [5.74, 6) is 0.0580. The summed E-state index contributed by atoms with van der Waals surface area (Å²) >= 11 is 0. The predicted molar refractivity (Wildman–Crippen MR) is 56.4 cm³/mol. The first-order chi connectivity index (χ1) is 6.38. The van der Waals surface area contributed by atoms with Gasteiger partial charge in [-0.05, 0) is 32.4 Å². The van der Waals surface area contributed by atoms with Gasteiger partial charge in [0.25, 0.3) is 0 Å². The van der Waals surface area contributed by atoms with Gasteiger partial charge in [-0.2, -0.15) is 0 Å². The molecule has 0 aromatic heterocycles. The first kappa shape index (κ1) is 10.9. The van der Waals surface area contributed by atoms with Crippen molar-refractivity contribution in [2.75, 3.05) is 0 Å². The molecule has 0 bridgehead atoms. The van der Waals surface area contributed by atoms with E-state index in [0.717, 1.165) is 5.56 Å². The van der Waals surface area contributed by atoms with Crippen LogP contribution in [0.1, 0.15) is 36.7 Å². The van der Waals surface area contributed by atoms with E-state index in [-0.39, 0.29) is 5.78 Å². The van der Waals surface area contributed by atoms with E-state index in [9.17, 15) is 9.90 Å². The van der Waals surface area contributed by atoms with E-state index in [1.807, 2.05) is 18.2 Å². The predicted octanol–water partition coefficient (Wildman–Crippen LogP) is 2.20. The molecule has 0 spiro atoms. The molecule has 1 aromatic rings. The van der Waals surface area contributed by atoms with Crippen molar-refractivity contribution in [2.45, 2.75) is 32.8 Å². The summed E-state index contributed by atoms with van der Waals surface area (Å²) in [5.41, 5.74) is 0.965. The molecule has 0 atom stereocenters. The fourth-order valence-corrected chi connectivity index (χ4v) is 1.40. The van der Waals surface area contributed by atoms with Gasteiger partial charge >= 0.3 is 0 Å². The molecule has 1 rings (SSSR count). The summed E-state index contributed by atoms with van der Waals surface area (Å²) in [7, 11) is 0. The minimum absolute atomic E-state index is 0.0580. The average Bonchev–Trinajstić information content (AvgIpc) is 2.01. The zero-order valence-electron chi connectivity index (χ0n) is 8.87. The van der Waals surface area contributed by atoms with Crippen LogP contribution >= 0.6 is 0 Å². The molecule has 0 radical (unpaired) electrons. The first-order valence-corrected chi connectivity index (χ1v) is 4.71. The van der Waals surface area contributed by atoms with Crippen LogP contribution in [-0.2, 0) is 6.42 Å². The number of aliphatic hydroxyl groups is 1. The molecule has 0 aliphatic rings. The highest BCUT2D eigenvalue weighted by atomic mass is 16.3. The summed E-state index contributed by atoms with van der Waals surface area (Å²) in [6.45, 7) is 5.06. The van der Waals surface area contributed by atoms with Crippen LogP contribution in [0.5, 0.6) is 0 Å². The molecule has 0 aliphatic heterocycles. The number of carbonyl (C=O) groups excluding carboxylic acids is 1. The molecule has 0 saturated heterocycles. The minimum Gasteiger partial charge on any atom is -0.390 e. The number of carbonyl (C=O) groups is 1. The standard InChI is InChI=1S/C12H16O2/c1-9(13)11-6-4-5-10(7-11)8-12(2,3)14/h4-7,14H,8H2,1-3H3. The van der Waals surface area contributed by atoms with Crippen LogP contribution in [-0.4, -0.2) is 16.5 Å². The Labute approximate surface area is 84.6 Å². The van der Waals surface area contributed by atoms with Gasteiger partial charge in [-0.15, -0.1) is 0 Å². The Kier molecular flexibility index (Phi) is 3.06. The number of benzene rings is 1. The summed E-state index contributed by atoms with van der Waals surface area (Å²) in [4.78, 5) is 11.1. The molecule has 2 nitrogen and oxygen atoms in total. The van der Waals surface area contributed by atoms with Gasteiger partial charge in [0.2, 0.25) is 0 Å². The fourth-order valence-electron chi connectivity index (χ4n) is 1.40. The van der Waals surface area contributed by atoms with E-state index in [1.54, 1.807) is 26.8 Å². The molecule has 1 aromatic carbocycles. The first-order valence-electron chi connectivity index (χ1n) is 4.71. The largest absolute Gasteiger partial charge is 0.390 e. The normalized spacial score (nSPS) is 11.4. The summed E-state index contributed by atoms with van der Waals surface area (Å²) in [6, 6.07) is 7.39. The van der Waals surface area contributed by atoms with Gasteiger partial charge in [0.05, 0.1) is 5.60 Å². The van der Waals surface area contributed by atoms with Gasteiger partial charge in [0.1, 0.15) is 0 Å². The van der Waals surface area contributed by atoms with Gasteiger partial charge in [0.15, 0.2) is 5.78 Å². The molecule has 1 N–H and O–H groups in total. The monoisotopic (exact) mass is 192 g/mol. The smallest absolute Gasteiger partial charge is 0.159 e. The summed E-state index contributed by atoms with van der Waals surface area (Å²) in [6.07, 6.45) is 0.564. The number of ketones is 1. The van der Waals surface area contributed by atoms with E-state index in [4.69, 9.17) is 0 Å². The highest BCUT2D eigenvalue weighted by molar-refractivity contribution is 5.94. The number of hydrogen-bond donors (Lipinski definition) is 1. The minimum atomic E-state index is -0.727. The zero-order chi connectivity index (χ0) is 10.8. The summed E-state index contributed by atoms with van der Waals surface area (Å²) in [5, 5.41) is 9.62. The molecule has 14 heavy (non-hydrogen) atoms. The number of rotatable bonds is 3. The maximum atomic E-state index is 11.1. The molecule has 0 unspecified atom stereocenters. The molecular formula is C12H16O2. The maximum Gasteiger partial charge on any atom is 0.159 e. The van der Waals surface area contributed by atoms with Gasteiger partial charge in [-0.1, -0.05) is 18.2 Å². The van der Waals surface area contributed by atoms with Crippen molar-refractivity contribution >= 4 is 5.78 Å². The lowest BCUT2D eigenvalue weighted by molar-refractivity contribution is 0.0808. The lowest BCUT2D eigenvalue weighted by Crippen LogP contribution is -2.21.